The molecule has 1 unspecified atom stereocenters. The third-order valence-corrected chi connectivity index (χ3v) is 9.85. The van der Waals surface area contributed by atoms with Crippen molar-refractivity contribution in [1.29, 1.82) is 0 Å². The number of hydrogen-bond donors (Lipinski definition) is 2. The number of aliphatic hydroxyl groups is 1. The number of ether oxygens (including phenoxy) is 1. The lowest BCUT2D eigenvalue weighted by Crippen LogP contribution is -2.35. The van der Waals surface area contributed by atoms with Crippen LogP contribution in [0.2, 0.25) is 0 Å². The molecule has 2 heterocycles. The van der Waals surface area contributed by atoms with Crippen molar-refractivity contribution >= 4 is 15.5 Å². The molecule has 0 aliphatic carbocycles. The summed E-state index contributed by atoms with van der Waals surface area (Å²) in [5, 5.41) is 14.5. The van der Waals surface area contributed by atoms with Crippen LogP contribution in [-0.2, 0) is 16.4 Å². The van der Waals surface area contributed by atoms with Crippen LogP contribution in [0.15, 0.2) is 58.2 Å². The number of H-pyrrole nitrogens is 1. The van der Waals surface area contributed by atoms with Crippen LogP contribution in [0, 0.1) is 6.92 Å². The maximum atomic E-state index is 13.9. The van der Waals surface area contributed by atoms with Crippen molar-refractivity contribution in [1.82, 2.24) is 23.9 Å². The van der Waals surface area contributed by atoms with Gasteiger partial charge in [-0.05, 0) is 56.9 Å². The molecule has 10 nitrogen and oxygen atoms in total. The number of aromatic nitrogens is 4. The van der Waals surface area contributed by atoms with E-state index in [-0.39, 0.29) is 41.9 Å². The Balaban J connectivity index is 1.77. The first-order valence-electron chi connectivity index (χ1n) is 15.7. The predicted molar refractivity (Wildman–Crippen MR) is 173 cm³/mol. The van der Waals surface area contributed by atoms with Gasteiger partial charge in [-0.2, -0.15) is 4.31 Å². The zero-order valence-corrected chi connectivity index (χ0v) is 27.1. The second-order valence-electron chi connectivity index (χ2n) is 11.0. The van der Waals surface area contributed by atoms with Crippen LogP contribution < -0.4 is 10.3 Å². The molecule has 1 atom stereocenters. The number of hydrogen-bond acceptors (Lipinski definition) is 7. The van der Waals surface area contributed by atoms with E-state index in [4.69, 9.17) is 14.8 Å². The van der Waals surface area contributed by atoms with E-state index >= 15 is 0 Å². The molecule has 2 aromatic carbocycles. The van der Waals surface area contributed by atoms with Gasteiger partial charge < -0.3 is 14.8 Å². The molecule has 44 heavy (non-hydrogen) atoms. The fourth-order valence-corrected chi connectivity index (χ4v) is 7.02. The van der Waals surface area contributed by atoms with Gasteiger partial charge in [-0.15, -0.1) is 5.10 Å². The van der Waals surface area contributed by atoms with Gasteiger partial charge in [0.2, 0.25) is 10.0 Å². The highest BCUT2D eigenvalue weighted by Crippen LogP contribution is 2.32. The van der Waals surface area contributed by atoms with E-state index in [1.54, 1.807) is 10.6 Å². The van der Waals surface area contributed by atoms with Crippen molar-refractivity contribution in [3.8, 4) is 17.1 Å². The number of fused-ring (bicyclic) bond motifs is 1. The second-order valence-corrected chi connectivity index (χ2v) is 13.0. The first-order chi connectivity index (χ1) is 21.2. The summed E-state index contributed by atoms with van der Waals surface area (Å²) in [6.07, 6.45) is 6.85. The largest absolute Gasteiger partial charge is 0.493 e. The van der Waals surface area contributed by atoms with Crippen LogP contribution >= 0.6 is 0 Å². The van der Waals surface area contributed by atoms with E-state index in [1.165, 1.54) is 22.9 Å². The normalized spacial score (nSPS) is 12.7. The standard InChI is InChI=1S/C33H45N5O5S/c1-5-8-9-13-16-26(6-2)32-34-24(4)30-33(40)35-31(36-38(30)32)28-23-27(17-18-29(28)43-7-3)44(41,42)37(21-22-39)20-19-25-14-11-10-12-15-25/h10-12,14-15,17-18,23,26,39H,5-9,13,16,19-22H2,1-4H3,(H,35,36,40). The average Bonchev–Trinajstić information content (AvgIpc) is 3.36. The fraction of sp³-hybridized carbons (Fsp3) is 0.485. The second kappa shape index (κ2) is 15.5. The number of benzene rings is 2. The minimum absolute atomic E-state index is 0.0182. The van der Waals surface area contributed by atoms with E-state index in [0.29, 0.717) is 35.6 Å². The summed E-state index contributed by atoms with van der Waals surface area (Å²) in [5.74, 6) is 1.46. The molecule has 4 rings (SSSR count). The van der Waals surface area contributed by atoms with Gasteiger partial charge >= 0.3 is 0 Å². The summed E-state index contributed by atoms with van der Waals surface area (Å²) >= 11 is 0. The molecule has 2 N–H and O–H groups in total. The highest BCUT2D eigenvalue weighted by Gasteiger charge is 2.27. The lowest BCUT2D eigenvalue weighted by Gasteiger charge is -2.22. The number of aromatic amines is 1. The van der Waals surface area contributed by atoms with Gasteiger partial charge in [-0.3, -0.25) is 4.79 Å². The zero-order chi connectivity index (χ0) is 31.7. The topological polar surface area (TPSA) is 130 Å². The summed E-state index contributed by atoms with van der Waals surface area (Å²) in [6, 6.07) is 14.2. The van der Waals surface area contributed by atoms with Crippen molar-refractivity contribution in [3.63, 3.8) is 0 Å². The molecule has 0 aliphatic rings. The zero-order valence-electron chi connectivity index (χ0n) is 26.3. The van der Waals surface area contributed by atoms with Crippen LogP contribution in [0.5, 0.6) is 5.75 Å². The van der Waals surface area contributed by atoms with Gasteiger partial charge in [0, 0.05) is 19.0 Å². The van der Waals surface area contributed by atoms with Crippen LogP contribution in [-0.4, -0.2) is 63.7 Å². The van der Waals surface area contributed by atoms with E-state index in [1.807, 2.05) is 44.2 Å². The molecular weight excluding hydrogens is 578 g/mol. The molecule has 0 bridgehead atoms. The van der Waals surface area contributed by atoms with Crippen molar-refractivity contribution in [3.05, 3.63) is 76.0 Å². The smallest absolute Gasteiger partial charge is 0.277 e. The Kier molecular flexibility index (Phi) is 11.7. The van der Waals surface area contributed by atoms with Gasteiger partial charge in [-0.1, -0.05) is 69.9 Å². The molecule has 0 amide bonds. The molecule has 0 saturated carbocycles. The molecule has 0 fully saturated rings. The first kappa shape index (κ1) is 33.4. The lowest BCUT2D eigenvalue weighted by atomic mass is 9.97. The fourth-order valence-electron chi connectivity index (χ4n) is 5.56. The molecule has 0 aliphatic heterocycles. The molecule has 238 valence electrons. The number of nitrogens with one attached hydrogen (secondary N) is 1. The van der Waals surface area contributed by atoms with Crippen molar-refractivity contribution < 1.29 is 18.3 Å². The third-order valence-electron chi connectivity index (χ3n) is 7.95. The van der Waals surface area contributed by atoms with Gasteiger partial charge in [0.25, 0.3) is 5.56 Å². The number of sulfonamides is 1. The Labute approximate surface area is 260 Å². The minimum Gasteiger partial charge on any atom is -0.493 e. The van der Waals surface area contributed by atoms with Crippen molar-refractivity contribution in [2.24, 2.45) is 0 Å². The van der Waals surface area contributed by atoms with Crippen molar-refractivity contribution in [2.75, 3.05) is 26.3 Å². The number of nitrogens with zero attached hydrogens (tertiary/aromatic N) is 4. The molecule has 2 aromatic heterocycles. The molecule has 0 spiro atoms. The molecule has 11 heteroatoms. The Morgan fingerprint density at radius 1 is 1.05 bits per heavy atom. The summed E-state index contributed by atoms with van der Waals surface area (Å²) in [6.45, 7) is 8.12. The number of imidazole rings is 1. The quantitative estimate of drug-likeness (QED) is 0.149. The van der Waals surface area contributed by atoms with E-state index in [0.717, 1.165) is 43.5 Å². The van der Waals surface area contributed by atoms with E-state index < -0.39 is 10.0 Å². The van der Waals surface area contributed by atoms with E-state index in [9.17, 15) is 18.3 Å². The third kappa shape index (κ3) is 7.57. The Hall–Kier alpha value is -3.54. The Morgan fingerprint density at radius 3 is 2.50 bits per heavy atom. The maximum Gasteiger partial charge on any atom is 0.277 e. The predicted octanol–water partition coefficient (Wildman–Crippen LogP) is 5.48. The minimum atomic E-state index is -4.01. The Morgan fingerprint density at radius 2 is 1.82 bits per heavy atom. The number of rotatable bonds is 17. The van der Waals surface area contributed by atoms with Gasteiger partial charge in [-0.25, -0.2) is 17.9 Å². The summed E-state index contributed by atoms with van der Waals surface area (Å²) < 4.78 is 36.5. The molecule has 0 saturated heterocycles. The van der Waals surface area contributed by atoms with Crippen molar-refractivity contribution in [2.45, 2.75) is 83.5 Å². The van der Waals surface area contributed by atoms with Gasteiger partial charge in [0.05, 0.1) is 29.4 Å². The average molecular weight is 624 g/mol. The summed E-state index contributed by atoms with van der Waals surface area (Å²) in [5.41, 5.74) is 1.98. The van der Waals surface area contributed by atoms with Crippen LogP contribution in [0.3, 0.4) is 0 Å². The summed E-state index contributed by atoms with van der Waals surface area (Å²) in [7, 11) is -4.01. The highest BCUT2D eigenvalue weighted by molar-refractivity contribution is 7.89. The molecule has 4 aromatic rings. The van der Waals surface area contributed by atoms with Crippen LogP contribution in [0.1, 0.15) is 82.3 Å². The SMILES string of the molecule is CCCCCCC(CC)c1nc(C)c2c(=O)[nH]c(-c3cc(S(=O)(=O)N(CCO)CCc4ccccc4)ccc3OCC)nn12. The molecule has 0 radical (unpaired) electrons. The Bertz CT molecular complexity index is 1680. The first-order valence-corrected chi connectivity index (χ1v) is 17.1. The maximum absolute atomic E-state index is 13.9. The monoisotopic (exact) mass is 623 g/mol. The van der Waals surface area contributed by atoms with Crippen LogP contribution in [0.25, 0.3) is 16.9 Å². The highest BCUT2D eigenvalue weighted by atomic mass is 32.2. The molecular formula is C33H45N5O5S. The number of unbranched alkanes of at least 4 members (excludes halogenated alkanes) is 3. The lowest BCUT2D eigenvalue weighted by molar-refractivity contribution is 0.254. The van der Waals surface area contributed by atoms with Crippen LogP contribution in [0.4, 0.5) is 0 Å². The number of aryl methyl sites for hydroxylation is 1. The number of aliphatic hydroxyl groups excluding tert-OH is 1. The summed E-state index contributed by atoms with van der Waals surface area (Å²) in [4.78, 5) is 21.1. The van der Waals surface area contributed by atoms with Gasteiger partial charge in [0.1, 0.15) is 11.6 Å². The van der Waals surface area contributed by atoms with Gasteiger partial charge in [0.15, 0.2) is 11.3 Å². The van der Waals surface area contributed by atoms with E-state index in [2.05, 4.69) is 18.8 Å².